The first-order chi connectivity index (χ1) is 40.1. The first kappa shape index (κ1) is 31.7. The Labute approximate surface area is 451 Å². The third-order valence-corrected chi connectivity index (χ3v) is 12.2. The van der Waals surface area contributed by atoms with Crippen LogP contribution in [-0.2, 0) is 58.3 Å². The number of nitriles is 1. The van der Waals surface area contributed by atoms with Gasteiger partial charge < -0.3 is 19.4 Å². The number of aryl methyl sites for hydroxylation is 6. The van der Waals surface area contributed by atoms with Crippen LogP contribution in [0.2, 0.25) is 0 Å². The van der Waals surface area contributed by atoms with E-state index >= 15 is 0 Å². The summed E-state index contributed by atoms with van der Waals surface area (Å²) >= 11 is 0. The second kappa shape index (κ2) is 22.1. The van der Waals surface area contributed by atoms with Gasteiger partial charge in [-0.1, -0.05) is 100 Å². The van der Waals surface area contributed by atoms with Gasteiger partial charge in [-0.05, 0) is 148 Å². The number of fused-ring (bicyclic) bond motifs is 3. The third kappa shape index (κ3) is 10.8. The molecule has 0 saturated heterocycles. The van der Waals surface area contributed by atoms with E-state index in [-0.39, 0.29) is 106 Å². The van der Waals surface area contributed by atoms with Crippen LogP contribution in [-0.4, -0.2) is 15.0 Å². The Bertz CT molecular complexity index is 4000. The number of benzene rings is 5. The SMILES string of the molecule is [2H]c1cc2c(oc3c(-c4cc(C5([2H])CCCCC5)c(C([2H])([2H])C([2H])([2H])c5cc(C([2H])([2H])C([2H])([2H])c6cnc(-c7[c-]cccc7)cc6C([2H])(C)C)cc(C([2H])([2H])C([2H])([2H])c6cnc(-c7[c-]cccc7)cc6C([2H])(C)C)c5)cn4)[c-]ccc32)c([2H])c1C#N.[Ir+3]. The van der Waals surface area contributed by atoms with E-state index in [0.29, 0.717) is 46.1 Å². The fraction of sp³-hybridized carbons (Fsp3) is 0.281. The first-order valence-electron chi connectivity index (χ1n) is 31.5. The minimum atomic E-state index is -3.37. The minimum Gasteiger partial charge on any atom is -0.501 e. The smallest absolute Gasteiger partial charge is 0.501 e. The average molecular weight is 1110 g/mol. The van der Waals surface area contributed by atoms with Crippen LogP contribution in [0.15, 0.2) is 138 Å². The van der Waals surface area contributed by atoms with E-state index in [9.17, 15) is 25.8 Å². The number of pyridine rings is 3. The van der Waals surface area contributed by atoms with Crippen molar-refractivity contribution in [3.63, 3.8) is 0 Å². The number of aromatic nitrogens is 3. The van der Waals surface area contributed by atoms with Gasteiger partial charge in [0.15, 0.2) is 0 Å². The van der Waals surface area contributed by atoms with Crippen LogP contribution in [0.4, 0.5) is 0 Å². The monoisotopic (exact) mass is 1110 g/mol. The van der Waals surface area contributed by atoms with Crippen molar-refractivity contribution in [1.29, 1.82) is 5.26 Å². The maximum Gasteiger partial charge on any atom is 3.00 e. The van der Waals surface area contributed by atoms with Crippen LogP contribution in [0.3, 0.4) is 0 Å². The molecule has 1 aliphatic carbocycles. The van der Waals surface area contributed by atoms with Crippen molar-refractivity contribution in [2.45, 2.75) is 116 Å². The molecule has 5 aromatic carbocycles. The minimum absolute atomic E-state index is 0. The molecule has 0 unspecified atom stereocenters. The van der Waals surface area contributed by atoms with Gasteiger partial charge in [0.1, 0.15) is 5.58 Å². The van der Waals surface area contributed by atoms with Crippen LogP contribution in [0.5, 0.6) is 0 Å². The van der Waals surface area contributed by atoms with Gasteiger partial charge in [-0.25, -0.2) is 0 Å². The number of rotatable bonds is 15. The summed E-state index contributed by atoms with van der Waals surface area (Å²) in [7, 11) is 0. The fourth-order valence-corrected chi connectivity index (χ4v) is 8.69. The molecule has 350 valence electrons. The number of furan rings is 1. The second-order valence-electron chi connectivity index (χ2n) is 17.5. The van der Waals surface area contributed by atoms with Crippen molar-refractivity contribution < 1.29 is 47.8 Å². The predicted octanol–water partition coefficient (Wildman–Crippen LogP) is 15.7. The summed E-state index contributed by atoms with van der Waals surface area (Å²) in [5.74, 6) is -4.72. The molecule has 4 heterocycles. The van der Waals surface area contributed by atoms with E-state index in [1.54, 1.807) is 60.7 Å². The quantitative estimate of drug-likeness (QED) is 0.0956. The van der Waals surface area contributed by atoms with Gasteiger partial charge in [-0.3, -0.25) is 0 Å². The van der Waals surface area contributed by atoms with Gasteiger partial charge >= 0.3 is 20.1 Å². The topological polar surface area (TPSA) is 75.6 Å². The third-order valence-electron chi connectivity index (χ3n) is 12.2. The first-order valence-corrected chi connectivity index (χ1v) is 23.0. The summed E-state index contributed by atoms with van der Waals surface area (Å²) < 4.78 is 170. The normalized spacial score (nSPS) is 18.5. The zero-order valence-electron chi connectivity index (χ0n) is 56.1. The van der Waals surface area contributed by atoms with Crippen molar-refractivity contribution in [2.24, 2.45) is 0 Å². The second-order valence-corrected chi connectivity index (χ2v) is 17.5. The summed E-state index contributed by atoms with van der Waals surface area (Å²) in [6.45, 7) is 5.96. The molecule has 4 aromatic heterocycles. The van der Waals surface area contributed by atoms with Gasteiger partial charge in [0.2, 0.25) is 0 Å². The molecule has 1 fully saturated rings. The molecule has 10 rings (SSSR count). The Kier molecular flexibility index (Phi) is 9.98. The van der Waals surface area contributed by atoms with Crippen LogP contribution in [0.1, 0.15) is 156 Å². The Hall–Kier alpha value is -6.51. The summed E-state index contributed by atoms with van der Waals surface area (Å²) in [5.41, 5.74) is -1.20. The fourth-order valence-electron chi connectivity index (χ4n) is 8.69. The maximum absolute atomic E-state index is 10.0. The molecule has 0 bridgehead atoms. The predicted molar refractivity (Wildman–Crippen MR) is 280 cm³/mol. The summed E-state index contributed by atoms with van der Waals surface area (Å²) in [4.78, 5) is 13.7. The number of nitrogens with zero attached hydrogens (tertiary/aromatic N) is 4. The van der Waals surface area contributed by atoms with Crippen molar-refractivity contribution in [2.75, 3.05) is 0 Å². The van der Waals surface area contributed by atoms with E-state index in [2.05, 4.69) is 33.2 Å². The Morgan fingerprint density at radius 1 is 0.671 bits per heavy atom. The largest absolute Gasteiger partial charge is 3.00 e. The van der Waals surface area contributed by atoms with E-state index in [1.165, 1.54) is 52.0 Å². The van der Waals surface area contributed by atoms with Crippen LogP contribution in [0, 0.1) is 29.5 Å². The van der Waals surface area contributed by atoms with E-state index in [4.69, 9.17) is 7.16 Å². The molecule has 0 N–H and O–H groups in total. The molecule has 0 aliphatic heterocycles. The van der Waals surface area contributed by atoms with Crippen LogP contribution in [0.25, 0.3) is 55.7 Å². The van der Waals surface area contributed by atoms with Crippen molar-refractivity contribution in [3.8, 4) is 39.8 Å². The van der Waals surface area contributed by atoms with Gasteiger partial charge in [0.05, 0.1) is 20.0 Å². The van der Waals surface area contributed by atoms with Gasteiger partial charge in [0, 0.05) is 44.5 Å². The molecule has 70 heavy (non-hydrogen) atoms. The Morgan fingerprint density at radius 2 is 1.23 bits per heavy atom. The number of hydrogen-bond acceptors (Lipinski definition) is 5. The average Bonchev–Trinajstić information content (AvgIpc) is 0.975. The summed E-state index contributed by atoms with van der Waals surface area (Å²) in [5, 5.41) is 10.6. The molecular weight excluding hydrogens is 1030 g/mol. The van der Waals surface area contributed by atoms with E-state index < -0.39 is 72.6 Å². The molecule has 6 heteroatoms. The van der Waals surface area contributed by atoms with Crippen molar-refractivity contribution in [1.82, 2.24) is 15.0 Å². The van der Waals surface area contributed by atoms with Crippen molar-refractivity contribution >= 4 is 21.9 Å². The van der Waals surface area contributed by atoms with Gasteiger partial charge in [-0.15, -0.1) is 90.0 Å². The zero-order valence-corrected chi connectivity index (χ0v) is 41.5. The molecule has 5 nitrogen and oxygen atoms in total. The molecule has 9 aromatic rings. The van der Waals surface area contributed by atoms with Crippen molar-refractivity contribution in [3.05, 3.63) is 208 Å². The van der Waals surface area contributed by atoms with E-state index in [0.717, 1.165) is 43.2 Å². The molecule has 0 amide bonds. The number of hydrogen-bond donors (Lipinski definition) is 0. The van der Waals surface area contributed by atoms with Gasteiger partial charge in [0.25, 0.3) is 0 Å². The standard InChI is InChI=1S/C64H59N4O.Ir/c1-42(2)57-35-60(49-17-10-6-11-18-49)66-39-51(57)27-23-44-31-45(24-28-52-40-67-61(36-58(52)43(3)4)50-19-12-7-13-20-50)33-46(32-44)25-29-53-41-68-62(37-59(53)48-15-8-5-9-16-48)56-22-14-21-55-54-30-26-47(38-65)34-63(54)69-64(55)56;/h6-7,10-14,17,19,21,26,30-37,39-43,48H,5,8-9,15-16,23-25,27-29H2,1-4H3;/q-3;+3/i23D2,24D2,25D2,26D,27D2,28D2,29D2,34D,42D,43D,48D;. The summed E-state index contributed by atoms with van der Waals surface area (Å²) in [6, 6.07) is 36.1. The Morgan fingerprint density at radius 3 is 1.77 bits per heavy atom. The Balaban J connectivity index is 0.00000902. The van der Waals surface area contributed by atoms with Crippen LogP contribution >= 0.6 is 0 Å². The molecular formula is C64H59IrN4O. The van der Waals surface area contributed by atoms with E-state index in [1.807, 2.05) is 6.07 Å². The zero-order chi connectivity index (χ0) is 62.5. The van der Waals surface area contributed by atoms with Crippen LogP contribution < -0.4 is 0 Å². The summed E-state index contributed by atoms with van der Waals surface area (Å²) in [6.07, 6.45) is -14.0. The molecule has 0 spiro atoms. The maximum atomic E-state index is 10.0. The molecule has 1 saturated carbocycles. The van der Waals surface area contributed by atoms with Gasteiger partial charge in [-0.2, -0.15) is 5.26 Å². The molecule has 0 atom stereocenters. The molecule has 1 aliphatic rings. The molecule has 0 radical (unpaired) electrons.